The predicted octanol–water partition coefficient (Wildman–Crippen LogP) is 5.68. The number of nitrogens with zero attached hydrogens (tertiary/aromatic N) is 4. The lowest BCUT2D eigenvalue weighted by atomic mass is 9.96. The summed E-state index contributed by atoms with van der Waals surface area (Å²) in [6.45, 7) is 16.9. The molecule has 7 rings (SSSR count). The van der Waals surface area contributed by atoms with Crippen molar-refractivity contribution >= 4 is 56.1 Å². The molecule has 2 N–H and O–H groups in total. The lowest BCUT2D eigenvalue weighted by Crippen LogP contribution is -2.67. The number of rotatable bonds is 12. The fourth-order valence-electron chi connectivity index (χ4n) is 8.47. The molecule has 2 aliphatic heterocycles. The first-order valence-corrected chi connectivity index (χ1v) is 22.9. The summed E-state index contributed by atoms with van der Waals surface area (Å²) in [7, 11) is -2.29. The van der Waals surface area contributed by atoms with Gasteiger partial charge in [-0.05, 0) is 76.8 Å². The van der Waals surface area contributed by atoms with Gasteiger partial charge in [-0.15, -0.1) is 11.3 Å². The number of benzene rings is 1. The Hall–Kier alpha value is -4.51. The molecule has 2 saturated heterocycles. The van der Waals surface area contributed by atoms with Crippen molar-refractivity contribution in [2.24, 2.45) is 11.8 Å². The average molecular weight is 853 g/mol. The molecule has 15 nitrogen and oxygen atoms in total. The van der Waals surface area contributed by atoms with Gasteiger partial charge in [-0.2, -0.15) is 0 Å². The molecule has 0 radical (unpaired) electrons. The second-order valence-electron chi connectivity index (χ2n) is 18.0. The fourth-order valence-corrected chi connectivity index (χ4v) is 10.8. The van der Waals surface area contributed by atoms with Gasteiger partial charge < -0.3 is 24.4 Å². The van der Waals surface area contributed by atoms with Crippen LogP contribution in [0.3, 0.4) is 0 Å². The summed E-state index contributed by atoms with van der Waals surface area (Å²) < 4.78 is 46.4. The van der Waals surface area contributed by atoms with Crippen LogP contribution in [-0.2, 0) is 29.1 Å². The normalized spacial score (nSPS) is 25.6. The number of fused-ring (bicyclic) bond motifs is 2. The average Bonchev–Trinajstić information content (AvgIpc) is 4.05. The lowest BCUT2D eigenvalue weighted by Gasteiger charge is -2.46. The van der Waals surface area contributed by atoms with Gasteiger partial charge >= 0.3 is 6.09 Å². The van der Waals surface area contributed by atoms with Crippen molar-refractivity contribution in [2.45, 2.75) is 141 Å². The molecule has 0 bridgehead atoms. The number of thiazole rings is 1. The molecule has 320 valence electrons. The summed E-state index contributed by atoms with van der Waals surface area (Å²) in [5.74, 6) is -1.17. The zero-order valence-electron chi connectivity index (χ0n) is 35.5. The van der Waals surface area contributed by atoms with Crippen LogP contribution in [-0.4, -0.2) is 106 Å². The van der Waals surface area contributed by atoms with E-state index in [1.165, 1.54) is 21.1 Å². The minimum atomic E-state index is -3.89. The minimum absolute atomic E-state index is 0.00768. The first-order chi connectivity index (χ1) is 27.7. The third kappa shape index (κ3) is 8.08. The van der Waals surface area contributed by atoms with Crippen LogP contribution in [0, 0.1) is 18.8 Å². The number of hydrogen-bond donors (Lipinski definition) is 2. The van der Waals surface area contributed by atoms with Crippen LogP contribution in [0.2, 0.25) is 0 Å². The van der Waals surface area contributed by atoms with E-state index >= 15 is 0 Å². The molecule has 0 spiro atoms. The van der Waals surface area contributed by atoms with Gasteiger partial charge in [0.05, 0.1) is 29.6 Å². The Balaban J connectivity index is 1.29. The van der Waals surface area contributed by atoms with E-state index in [0.29, 0.717) is 52.4 Å². The number of piperazine rings is 1. The highest BCUT2D eigenvalue weighted by Crippen LogP contribution is 2.48. The first kappa shape index (κ1) is 42.6. The van der Waals surface area contributed by atoms with Gasteiger partial charge in [0, 0.05) is 35.4 Å². The molecule has 17 heteroatoms. The second-order valence-corrected chi connectivity index (χ2v) is 20.8. The van der Waals surface area contributed by atoms with Crippen molar-refractivity contribution in [3.8, 4) is 22.2 Å². The van der Waals surface area contributed by atoms with Crippen molar-refractivity contribution in [1.29, 1.82) is 0 Å². The first-order valence-electron chi connectivity index (χ1n) is 20.5. The van der Waals surface area contributed by atoms with E-state index in [0.717, 1.165) is 11.3 Å². The van der Waals surface area contributed by atoms with Crippen LogP contribution in [0.4, 0.5) is 4.79 Å². The number of ether oxygens (including phenoxy) is 3. The monoisotopic (exact) mass is 852 g/mol. The number of pyridine rings is 1. The van der Waals surface area contributed by atoms with Crippen LogP contribution in [0.15, 0.2) is 23.6 Å². The quantitative estimate of drug-likeness (QED) is 0.228. The molecule has 3 aromatic rings. The molecule has 4 fully saturated rings. The SMILES string of the molecule is CC[C@@H]1C[C@]1(NC(=O)[C@@H]1C[C@@H](Oc2cc(-c3nc(C(C)C)cs3)nc3c(C)c(OC)ccc23)[C@H]2CN(C(=O)OC(C)(C)C)[C@H](C(C)C)C(=O)N21)C(=O)NS(=O)(=O)C1CC1. The predicted molar refractivity (Wildman–Crippen MR) is 223 cm³/mol. The topological polar surface area (TPSA) is 186 Å². The number of carbonyl (C=O) groups excluding carboxylic acids is 4. The zero-order chi connectivity index (χ0) is 42.9. The maximum Gasteiger partial charge on any atom is 0.411 e. The molecular weight excluding hydrogens is 797 g/mol. The minimum Gasteiger partial charge on any atom is -0.496 e. The fraction of sp³-hybridized carbons (Fsp3) is 0.619. The highest BCUT2D eigenvalue weighted by molar-refractivity contribution is 7.91. The largest absolute Gasteiger partial charge is 0.496 e. The van der Waals surface area contributed by atoms with Crippen molar-refractivity contribution in [2.75, 3.05) is 13.7 Å². The standard InChI is InChI=1S/C42H56N6O9S2/c1-11-24-18-42(24,39(51)46-59(53,54)25-12-13-25)45-36(49)29-17-33(30-19-47(40(52)57-41(7,8)9)35(22(4)5)38(50)48(29)30)56-32-16-27(37-44-28(20-58-37)21(2)3)43-34-23(6)31(55-10)15-14-26(32)34/h14-16,20-22,24-25,29-30,33,35H,11-13,17-19H2,1-10H3,(H,45,49)(H,46,51)/t24-,29+,30-,33-,35-,42-/m1/s1. The number of carbonyl (C=O) groups is 4. The maximum absolute atomic E-state index is 14.8. The van der Waals surface area contributed by atoms with Gasteiger partial charge in [-0.1, -0.05) is 41.0 Å². The van der Waals surface area contributed by atoms with Gasteiger partial charge in [-0.3, -0.25) is 24.0 Å². The van der Waals surface area contributed by atoms with Gasteiger partial charge in [0.25, 0.3) is 5.91 Å². The summed E-state index contributed by atoms with van der Waals surface area (Å²) >= 11 is 1.47. The smallest absolute Gasteiger partial charge is 0.411 e. The van der Waals surface area contributed by atoms with Crippen LogP contribution >= 0.6 is 11.3 Å². The number of aromatic nitrogens is 2. The molecule has 4 aliphatic rings. The third-order valence-corrected chi connectivity index (χ3v) is 14.6. The van der Waals surface area contributed by atoms with Crippen molar-refractivity contribution in [1.82, 2.24) is 29.8 Å². The van der Waals surface area contributed by atoms with E-state index in [1.807, 2.05) is 51.3 Å². The van der Waals surface area contributed by atoms with Gasteiger partial charge in [0.1, 0.15) is 51.5 Å². The highest BCUT2D eigenvalue weighted by atomic mass is 32.2. The number of nitrogens with one attached hydrogen (secondary N) is 2. The summed E-state index contributed by atoms with van der Waals surface area (Å²) in [5.41, 5.74) is 0.631. The van der Waals surface area contributed by atoms with Crippen LogP contribution < -0.4 is 19.5 Å². The Morgan fingerprint density at radius 2 is 1.80 bits per heavy atom. The molecule has 2 saturated carbocycles. The van der Waals surface area contributed by atoms with Gasteiger partial charge in [-0.25, -0.2) is 23.2 Å². The number of amides is 4. The number of hydrogen-bond acceptors (Lipinski definition) is 12. The molecule has 4 amide bonds. The molecular formula is C42H56N6O9S2. The van der Waals surface area contributed by atoms with Crippen LogP contribution in [0.1, 0.15) is 105 Å². The van der Waals surface area contributed by atoms with E-state index in [4.69, 9.17) is 24.2 Å². The Morgan fingerprint density at radius 1 is 1.08 bits per heavy atom. The van der Waals surface area contributed by atoms with E-state index in [2.05, 4.69) is 23.9 Å². The number of methoxy groups -OCH3 is 1. The maximum atomic E-state index is 14.8. The lowest BCUT2D eigenvalue weighted by molar-refractivity contribution is -0.153. The molecule has 4 heterocycles. The number of sulfonamides is 1. The van der Waals surface area contributed by atoms with Gasteiger partial charge in [0.15, 0.2) is 0 Å². The molecule has 6 atom stereocenters. The van der Waals surface area contributed by atoms with Crippen LogP contribution in [0.5, 0.6) is 11.5 Å². The summed E-state index contributed by atoms with van der Waals surface area (Å²) in [6.07, 6.45) is 0.279. The van der Waals surface area contributed by atoms with E-state index in [-0.39, 0.29) is 37.1 Å². The van der Waals surface area contributed by atoms with Crippen molar-refractivity contribution in [3.05, 3.63) is 34.8 Å². The Morgan fingerprint density at radius 3 is 2.37 bits per heavy atom. The van der Waals surface area contributed by atoms with Crippen molar-refractivity contribution < 1.29 is 41.8 Å². The summed E-state index contributed by atoms with van der Waals surface area (Å²) in [4.78, 5) is 69.9. The Labute approximate surface area is 350 Å². The molecule has 2 aliphatic carbocycles. The van der Waals surface area contributed by atoms with Crippen molar-refractivity contribution in [3.63, 3.8) is 0 Å². The van der Waals surface area contributed by atoms with E-state index in [1.54, 1.807) is 27.9 Å². The van der Waals surface area contributed by atoms with Crippen LogP contribution in [0.25, 0.3) is 21.6 Å². The summed E-state index contributed by atoms with van der Waals surface area (Å²) in [6, 6.07) is 2.64. The molecule has 2 aromatic heterocycles. The number of aryl methyl sites for hydroxylation is 1. The Kier molecular flexibility index (Phi) is 11.2. The molecule has 59 heavy (non-hydrogen) atoms. The van der Waals surface area contributed by atoms with Gasteiger partial charge in [0.2, 0.25) is 21.8 Å². The second kappa shape index (κ2) is 15.5. The van der Waals surface area contributed by atoms with E-state index in [9.17, 15) is 27.6 Å². The summed E-state index contributed by atoms with van der Waals surface area (Å²) in [5, 5.41) is 5.68. The third-order valence-electron chi connectivity index (χ3n) is 11.9. The van der Waals surface area contributed by atoms with E-state index < -0.39 is 74.5 Å². The Bertz CT molecular complexity index is 2280. The zero-order valence-corrected chi connectivity index (χ0v) is 37.1. The highest BCUT2D eigenvalue weighted by Gasteiger charge is 2.63. The molecule has 1 aromatic carbocycles. The molecule has 0 unspecified atom stereocenters.